The molecular formula is C22H36IN5O2. The molecule has 0 aliphatic carbocycles. The van der Waals surface area contributed by atoms with Crippen molar-refractivity contribution in [1.82, 2.24) is 20.0 Å². The van der Waals surface area contributed by atoms with Crippen LogP contribution in [0.1, 0.15) is 25.3 Å². The molecule has 1 aromatic carbocycles. The first-order valence-electron chi connectivity index (χ1n) is 10.7. The van der Waals surface area contributed by atoms with E-state index < -0.39 is 0 Å². The molecule has 7 nitrogen and oxygen atoms in total. The lowest BCUT2D eigenvalue weighted by Gasteiger charge is -2.39. The molecule has 8 heteroatoms. The quantitative estimate of drug-likeness (QED) is 0.348. The normalized spacial score (nSPS) is 18.7. The number of likely N-dealkylation sites (tertiary alicyclic amines) is 1. The predicted molar refractivity (Wildman–Crippen MR) is 132 cm³/mol. The van der Waals surface area contributed by atoms with Crippen LogP contribution in [-0.4, -0.2) is 92.6 Å². The van der Waals surface area contributed by atoms with Gasteiger partial charge in [-0.2, -0.15) is 0 Å². The minimum atomic E-state index is -0.0275. The maximum Gasteiger partial charge on any atom is 0.239 e. The molecule has 0 aromatic heterocycles. The van der Waals surface area contributed by atoms with Gasteiger partial charge in [0, 0.05) is 52.9 Å². The van der Waals surface area contributed by atoms with Gasteiger partial charge in [0.25, 0.3) is 0 Å². The molecule has 2 heterocycles. The van der Waals surface area contributed by atoms with Crippen molar-refractivity contribution < 1.29 is 9.53 Å². The van der Waals surface area contributed by atoms with Crippen molar-refractivity contribution in [1.29, 1.82) is 0 Å². The second kappa shape index (κ2) is 12.3. The van der Waals surface area contributed by atoms with Gasteiger partial charge in [-0.25, -0.2) is 0 Å². The fourth-order valence-electron chi connectivity index (χ4n) is 4.12. The summed E-state index contributed by atoms with van der Waals surface area (Å²) in [5.74, 6) is 2.11. The molecule has 1 N–H and O–H groups in total. The number of rotatable bonds is 6. The van der Waals surface area contributed by atoms with Crippen LogP contribution in [0.2, 0.25) is 0 Å². The Labute approximate surface area is 197 Å². The van der Waals surface area contributed by atoms with Gasteiger partial charge in [-0.3, -0.25) is 14.7 Å². The van der Waals surface area contributed by atoms with Gasteiger partial charge in [0.05, 0.1) is 13.2 Å². The first-order valence-corrected chi connectivity index (χ1v) is 10.7. The Kier molecular flexibility index (Phi) is 10.2. The lowest BCUT2D eigenvalue weighted by Crippen LogP contribution is -2.57. The van der Waals surface area contributed by atoms with Crippen LogP contribution < -0.4 is 10.1 Å². The molecule has 1 unspecified atom stereocenters. The van der Waals surface area contributed by atoms with Gasteiger partial charge in [0.1, 0.15) is 5.75 Å². The Hall–Kier alpha value is -1.55. The molecule has 2 aliphatic heterocycles. The van der Waals surface area contributed by atoms with Crippen LogP contribution in [-0.2, 0) is 11.2 Å². The van der Waals surface area contributed by atoms with E-state index in [4.69, 9.17) is 4.74 Å². The number of aliphatic imine (C=N–C) groups is 1. The second-order valence-corrected chi connectivity index (χ2v) is 7.80. The first kappa shape index (κ1) is 24.7. The highest BCUT2D eigenvalue weighted by Gasteiger charge is 2.30. The molecular weight excluding hydrogens is 493 g/mol. The van der Waals surface area contributed by atoms with Crippen LogP contribution in [0.5, 0.6) is 5.75 Å². The van der Waals surface area contributed by atoms with Crippen LogP contribution in [0, 0.1) is 0 Å². The van der Waals surface area contributed by atoms with Crippen molar-refractivity contribution in [2.75, 3.05) is 60.0 Å². The minimum absolute atomic E-state index is 0. The van der Waals surface area contributed by atoms with Crippen molar-refractivity contribution in [3.05, 3.63) is 29.8 Å². The van der Waals surface area contributed by atoms with Crippen LogP contribution in [0.3, 0.4) is 0 Å². The van der Waals surface area contributed by atoms with E-state index in [1.165, 1.54) is 5.56 Å². The standard InChI is InChI=1S/C22H35N5O2.HI/c1-18(21(28)26-12-4-5-13-26)25-14-16-27(17-15-25)22(23-2)24-11-10-19-6-8-20(29-3)9-7-19;/h6-9,18H,4-5,10-17H2,1-3H3,(H,23,24);1H. The Balaban J connectivity index is 0.00000320. The number of halogens is 1. The number of benzene rings is 1. The average molecular weight is 529 g/mol. The highest BCUT2D eigenvalue weighted by molar-refractivity contribution is 14.0. The van der Waals surface area contributed by atoms with Crippen LogP contribution in [0.4, 0.5) is 0 Å². The molecule has 0 radical (unpaired) electrons. The summed E-state index contributed by atoms with van der Waals surface area (Å²) in [6, 6.07) is 8.16. The second-order valence-electron chi connectivity index (χ2n) is 7.80. The smallest absolute Gasteiger partial charge is 0.239 e. The van der Waals surface area contributed by atoms with Gasteiger partial charge in [-0.15, -0.1) is 24.0 Å². The van der Waals surface area contributed by atoms with Gasteiger partial charge in [-0.05, 0) is 43.9 Å². The van der Waals surface area contributed by atoms with E-state index in [2.05, 4.69) is 39.2 Å². The van der Waals surface area contributed by atoms with Gasteiger partial charge in [0.2, 0.25) is 5.91 Å². The summed E-state index contributed by atoms with van der Waals surface area (Å²) in [6.07, 6.45) is 3.22. The maximum absolute atomic E-state index is 12.7. The van der Waals surface area contributed by atoms with Gasteiger partial charge < -0.3 is 19.9 Å². The van der Waals surface area contributed by atoms with E-state index in [9.17, 15) is 4.79 Å². The average Bonchev–Trinajstić information content (AvgIpc) is 3.31. The lowest BCUT2D eigenvalue weighted by atomic mass is 10.1. The Morgan fingerprint density at radius 1 is 1.07 bits per heavy atom. The number of nitrogens with one attached hydrogen (secondary N) is 1. The minimum Gasteiger partial charge on any atom is -0.497 e. The molecule has 0 saturated carbocycles. The van der Waals surface area contributed by atoms with Gasteiger partial charge >= 0.3 is 0 Å². The van der Waals surface area contributed by atoms with Crippen molar-refractivity contribution >= 4 is 35.8 Å². The van der Waals surface area contributed by atoms with Crippen molar-refractivity contribution in [3.63, 3.8) is 0 Å². The number of piperazine rings is 1. The zero-order valence-electron chi connectivity index (χ0n) is 18.5. The third-order valence-corrected chi connectivity index (χ3v) is 6.00. The number of methoxy groups -OCH3 is 1. The molecule has 168 valence electrons. The molecule has 3 rings (SSSR count). The van der Waals surface area contributed by atoms with E-state index in [0.717, 1.165) is 76.8 Å². The SMILES string of the molecule is CN=C(NCCc1ccc(OC)cc1)N1CCN(C(C)C(=O)N2CCCC2)CC1.I. The monoisotopic (exact) mass is 529 g/mol. The molecule has 2 fully saturated rings. The number of nitrogens with zero attached hydrogens (tertiary/aromatic N) is 4. The zero-order chi connectivity index (χ0) is 20.6. The molecule has 2 aliphatic rings. The fraction of sp³-hybridized carbons (Fsp3) is 0.636. The predicted octanol–water partition coefficient (Wildman–Crippen LogP) is 2.06. The molecule has 1 amide bonds. The van der Waals surface area contributed by atoms with Crippen molar-refractivity contribution in [2.45, 2.75) is 32.2 Å². The van der Waals surface area contributed by atoms with E-state index >= 15 is 0 Å². The molecule has 30 heavy (non-hydrogen) atoms. The highest BCUT2D eigenvalue weighted by Crippen LogP contribution is 2.14. The van der Waals surface area contributed by atoms with E-state index in [1.807, 2.05) is 24.1 Å². The molecule has 2 saturated heterocycles. The first-order chi connectivity index (χ1) is 14.1. The summed E-state index contributed by atoms with van der Waals surface area (Å²) in [7, 11) is 3.52. The molecule has 1 aromatic rings. The number of carbonyl (C=O) groups excluding carboxylic acids is 1. The summed E-state index contributed by atoms with van der Waals surface area (Å²) >= 11 is 0. The number of ether oxygens (including phenoxy) is 1. The number of hydrogen-bond acceptors (Lipinski definition) is 4. The van der Waals surface area contributed by atoms with Gasteiger partial charge in [-0.1, -0.05) is 12.1 Å². The third kappa shape index (κ3) is 6.47. The summed E-state index contributed by atoms with van der Waals surface area (Å²) in [4.78, 5) is 23.7. The van der Waals surface area contributed by atoms with Crippen molar-refractivity contribution in [3.8, 4) is 5.75 Å². The van der Waals surface area contributed by atoms with Crippen LogP contribution in [0.15, 0.2) is 29.3 Å². The highest BCUT2D eigenvalue weighted by atomic mass is 127. The Morgan fingerprint density at radius 3 is 2.27 bits per heavy atom. The third-order valence-electron chi connectivity index (χ3n) is 6.00. The molecule has 0 bridgehead atoms. The maximum atomic E-state index is 12.7. The zero-order valence-corrected chi connectivity index (χ0v) is 20.8. The number of carbonyl (C=O) groups is 1. The number of guanidine groups is 1. The summed E-state index contributed by atoms with van der Waals surface area (Å²) in [5.41, 5.74) is 1.27. The number of amides is 1. The summed E-state index contributed by atoms with van der Waals surface area (Å²) < 4.78 is 5.21. The van der Waals surface area contributed by atoms with Crippen LogP contribution >= 0.6 is 24.0 Å². The molecule has 1 atom stereocenters. The lowest BCUT2D eigenvalue weighted by molar-refractivity contribution is -0.135. The molecule has 0 spiro atoms. The van der Waals surface area contributed by atoms with Crippen LogP contribution in [0.25, 0.3) is 0 Å². The van der Waals surface area contributed by atoms with Crippen molar-refractivity contribution in [2.24, 2.45) is 4.99 Å². The number of hydrogen-bond donors (Lipinski definition) is 1. The Bertz CT molecular complexity index is 683. The van der Waals surface area contributed by atoms with E-state index in [-0.39, 0.29) is 35.9 Å². The van der Waals surface area contributed by atoms with Gasteiger partial charge in [0.15, 0.2) is 5.96 Å². The van der Waals surface area contributed by atoms with E-state index in [0.29, 0.717) is 0 Å². The summed E-state index contributed by atoms with van der Waals surface area (Å²) in [5, 5.41) is 3.48. The fourth-order valence-corrected chi connectivity index (χ4v) is 4.12. The summed E-state index contributed by atoms with van der Waals surface area (Å²) in [6.45, 7) is 8.29. The largest absolute Gasteiger partial charge is 0.497 e. The van der Waals surface area contributed by atoms with E-state index in [1.54, 1.807) is 7.11 Å². The Morgan fingerprint density at radius 2 is 1.70 bits per heavy atom. The topological polar surface area (TPSA) is 60.4 Å².